The van der Waals surface area contributed by atoms with Gasteiger partial charge < -0.3 is 15.0 Å². The molecule has 2 heterocycles. The van der Waals surface area contributed by atoms with Crippen LogP contribution in [0.3, 0.4) is 0 Å². The number of nitrogens with zero attached hydrogens (tertiary/aromatic N) is 3. The highest BCUT2D eigenvalue weighted by Gasteiger charge is 2.37. The summed E-state index contributed by atoms with van der Waals surface area (Å²) in [5.74, 6) is 1.49. The van der Waals surface area contributed by atoms with Gasteiger partial charge in [-0.1, -0.05) is 42.3 Å². The zero-order chi connectivity index (χ0) is 18.0. The van der Waals surface area contributed by atoms with E-state index in [1.165, 1.54) is 18.4 Å². The van der Waals surface area contributed by atoms with Crippen molar-refractivity contribution in [1.29, 1.82) is 0 Å². The fourth-order valence-electron chi connectivity index (χ4n) is 4.03. The molecule has 2 fully saturated rings. The number of hydrogen-bond acceptors (Lipinski definition) is 6. The highest BCUT2D eigenvalue weighted by Crippen LogP contribution is 2.38. The standard InChI is InChI=1S/C20H28N4O2/c1-20(21)9-3-2-4-17(20)19-22-18(23-26-19)16-7-5-15(6-8-16)14-24-10-12-25-13-11-24/h5-8,17H,2-4,9-14,21H2,1H3. The lowest BCUT2D eigenvalue weighted by molar-refractivity contribution is 0.0342. The molecule has 0 amide bonds. The summed E-state index contributed by atoms with van der Waals surface area (Å²) >= 11 is 0. The second kappa shape index (κ2) is 7.47. The predicted octanol–water partition coefficient (Wildman–Crippen LogP) is 2.94. The summed E-state index contributed by atoms with van der Waals surface area (Å²) in [6.07, 6.45) is 4.37. The highest BCUT2D eigenvalue weighted by molar-refractivity contribution is 5.54. The van der Waals surface area contributed by atoms with Crippen molar-refractivity contribution in [3.8, 4) is 11.4 Å². The van der Waals surface area contributed by atoms with Gasteiger partial charge in [-0.25, -0.2) is 0 Å². The van der Waals surface area contributed by atoms with Crippen molar-refractivity contribution in [2.75, 3.05) is 26.3 Å². The van der Waals surface area contributed by atoms with Crippen LogP contribution in [-0.4, -0.2) is 46.9 Å². The van der Waals surface area contributed by atoms with Crippen LogP contribution in [0.5, 0.6) is 0 Å². The van der Waals surface area contributed by atoms with Crippen molar-refractivity contribution in [2.24, 2.45) is 5.73 Å². The molecule has 0 bridgehead atoms. The number of benzene rings is 1. The summed E-state index contributed by atoms with van der Waals surface area (Å²) in [6.45, 7) is 6.69. The number of morpholine rings is 1. The van der Waals surface area contributed by atoms with Gasteiger partial charge in [-0.05, 0) is 25.3 Å². The second-order valence-electron chi connectivity index (χ2n) is 7.85. The van der Waals surface area contributed by atoms with Crippen molar-refractivity contribution in [2.45, 2.75) is 50.6 Å². The number of ether oxygens (including phenoxy) is 1. The van der Waals surface area contributed by atoms with E-state index in [0.717, 1.165) is 51.3 Å². The number of rotatable bonds is 4. The molecule has 26 heavy (non-hydrogen) atoms. The van der Waals surface area contributed by atoms with E-state index in [1.54, 1.807) is 0 Å². The molecule has 140 valence electrons. The third-order valence-corrected chi connectivity index (χ3v) is 5.72. The van der Waals surface area contributed by atoms with Crippen LogP contribution >= 0.6 is 0 Å². The minimum atomic E-state index is -0.260. The van der Waals surface area contributed by atoms with E-state index < -0.39 is 0 Å². The largest absolute Gasteiger partial charge is 0.379 e. The van der Waals surface area contributed by atoms with E-state index >= 15 is 0 Å². The van der Waals surface area contributed by atoms with E-state index in [1.807, 2.05) is 0 Å². The van der Waals surface area contributed by atoms with Crippen molar-refractivity contribution >= 4 is 0 Å². The molecule has 6 nitrogen and oxygen atoms in total. The Morgan fingerprint density at radius 3 is 2.69 bits per heavy atom. The molecule has 0 spiro atoms. The van der Waals surface area contributed by atoms with Gasteiger partial charge in [0, 0.05) is 30.7 Å². The fraction of sp³-hybridized carbons (Fsp3) is 0.600. The number of nitrogens with two attached hydrogens (primary N) is 1. The van der Waals surface area contributed by atoms with E-state index in [2.05, 4.69) is 46.2 Å². The molecule has 1 aromatic carbocycles. The normalized spacial score (nSPS) is 27.5. The summed E-state index contributed by atoms with van der Waals surface area (Å²) in [7, 11) is 0. The van der Waals surface area contributed by atoms with E-state index in [-0.39, 0.29) is 11.5 Å². The monoisotopic (exact) mass is 356 g/mol. The van der Waals surface area contributed by atoms with Gasteiger partial charge in [0.2, 0.25) is 11.7 Å². The lowest BCUT2D eigenvalue weighted by Gasteiger charge is -2.35. The van der Waals surface area contributed by atoms with Crippen LogP contribution < -0.4 is 5.73 Å². The summed E-state index contributed by atoms with van der Waals surface area (Å²) in [5, 5.41) is 4.20. The molecule has 1 aliphatic carbocycles. The van der Waals surface area contributed by atoms with Crippen molar-refractivity contribution < 1.29 is 9.26 Å². The second-order valence-corrected chi connectivity index (χ2v) is 7.85. The van der Waals surface area contributed by atoms with Gasteiger partial charge in [0.25, 0.3) is 0 Å². The maximum atomic E-state index is 6.47. The first kappa shape index (κ1) is 17.6. The Kier molecular flexibility index (Phi) is 5.07. The minimum Gasteiger partial charge on any atom is -0.379 e. The zero-order valence-corrected chi connectivity index (χ0v) is 15.5. The quantitative estimate of drug-likeness (QED) is 0.907. The Labute approximate surface area is 154 Å². The smallest absolute Gasteiger partial charge is 0.231 e. The Morgan fingerprint density at radius 1 is 1.19 bits per heavy atom. The topological polar surface area (TPSA) is 77.4 Å². The Bertz CT molecular complexity index is 720. The molecule has 6 heteroatoms. The van der Waals surface area contributed by atoms with Crippen LogP contribution in [0.15, 0.2) is 28.8 Å². The van der Waals surface area contributed by atoms with E-state index in [0.29, 0.717) is 11.7 Å². The third-order valence-electron chi connectivity index (χ3n) is 5.72. The molecular weight excluding hydrogens is 328 g/mol. The molecule has 2 unspecified atom stereocenters. The van der Waals surface area contributed by atoms with Crippen LogP contribution in [-0.2, 0) is 11.3 Å². The van der Waals surface area contributed by atoms with Crippen LogP contribution in [0.4, 0.5) is 0 Å². The van der Waals surface area contributed by atoms with Gasteiger partial charge in [-0.15, -0.1) is 0 Å². The maximum absolute atomic E-state index is 6.47. The Morgan fingerprint density at radius 2 is 1.96 bits per heavy atom. The van der Waals surface area contributed by atoms with Crippen LogP contribution in [0.25, 0.3) is 11.4 Å². The molecule has 2 aliphatic rings. The molecular formula is C20H28N4O2. The molecule has 1 aliphatic heterocycles. The molecule has 4 rings (SSSR count). The molecule has 2 N–H and O–H groups in total. The third kappa shape index (κ3) is 3.82. The van der Waals surface area contributed by atoms with Crippen LogP contribution in [0.1, 0.15) is 50.0 Å². The maximum Gasteiger partial charge on any atom is 0.231 e. The lowest BCUT2D eigenvalue weighted by atomic mass is 9.74. The SMILES string of the molecule is CC1(N)CCCCC1c1nc(-c2ccc(CN3CCOCC3)cc2)no1. The van der Waals surface area contributed by atoms with Gasteiger partial charge in [-0.2, -0.15) is 4.98 Å². The van der Waals surface area contributed by atoms with Crippen molar-refractivity contribution in [1.82, 2.24) is 15.0 Å². The first-order valence-electron chi connectivity index (χ1n) is 9.64. The Balaban J connectivity index is 1.45. The number of hydrogen-bond donors (Lipinski definition) is 1. The molecule has 0 radical (unpaired) electrons. The lowest BCUT2D eigenvalue weighted by Crippen LogP contribution is -2.44. The fourth-order valence-corrected chi connectivity index (χ4v) is 4.03. The van der Waals surface area contributed by atoms with Gasteiger partial charge in [0.05, 0.1) is 19.1 Å². The Hall–Kier alpha value is -1.76. The highest BCUT2D eigenvalue weighted by atomic mass is 16.5. The van der Waals surface area contributed by atoms with Gasteiger partial charge in [-0.3, -0.25) is 4.90 Å². The van der Waals surface area contributed by atoms with Gasteiger partial charge >= 0.3 is 0 Å². The molecule has 2 aromatic rings. The molecule has 1 saturated carbocycles. The van der Waals surface area contributed by atoms with Gasteiger partial charge in [0.15, 0.2) is 0 Å². The first-order chi connectivity index (χ1) is 12.6. The average Bonchev–Trinajstić information content (AvgIpc) is 3.12. The van der Waals surface area contributed by atoms with E-state index in [4.69, 9.17) is 15.0 Å². The summed E-state index contributed by atoms with van der Waals surface area (Å²) in [6, 6.07) is 8.45. The van der Waals surface area contributed by atoms with Gasteiger partial charge in [0.1, 0.15) is 0 Å². The zero-order valence-electron chi connectivity index (χ0n) is 15.5. The summed E-state index contributed by atoms with van der Waals surface area (Å²) in [4.78, 5) is 7.07. The summed E-state index contributed by atoms with van der Waals surface area (Å²) in [5.41, 5.74) is 8.49. The van der Waals surface area contributed by atoms with Crippen molar-refractivity contribution in [3.05, 3.63) is 35.7 Å². The van der Waals surface area contributed by atoms with E-state index in [9.17, 15) is 0 Å². The van der Waals surface area contributed by atoms with Crippen LogP contribution in [0.2, 0.25) is 0 Å². The average molecular weight is 356 g/mol. The first-order valence-corrected chi connectivity index (χ1v) is 9.64. The molecule has 2 atom stereocenters. The summed E-state index contributed by atoms with van der Waals surface area (Å²) < 4.78 is 11.0. The van der Waals surface area contributed by atoms with Crippen LogP contribution in [0, 0.1) is 0 Å². The van der Waals surface area contributed by atoms with Crippen molar-refractivity contribution in [3.63, 3.8) is 0 Å². The minimum absolute atomic E-state index is 0.151. The predicted molar refractivity (Wildman–Crippen MR) is 99.6 cm³/mol. The number of aromatic nitrogens is 2. The molecule has 1 saturated heterocycles. The molecule has 1 aromatic heterocycles.